The first-order valence-electron chi connectivity index (χ1n) is 7.28. The molecule has 0 spiro atoms. The van der Waals surface area contributed by atoms with Crippen LogP contribution in [0.25, 0.3) is 0 Å². The lowest BCUT2D eigenvalue weighted by Crippen LogP contribution is -2.02. The normalized spacial score (nSPS) is 11.0. The molecule has 2 aromatic carbocycles. The molecule has 0 aromatic heterocycles. The standard InChI is InChI=1S/C18H22BrNO/c1-12(2)16-6-5-15(10-13(16)3)21-18-7-4-14(8-9-20)11-17(18)19/h4-7,10-12H,8-9,20H2,1-3H3. The van der Waals surface area contributed by atoms with Crippen molar-refractivity contribution >= 4 is 15.9 Å². The average Bonchev–Trinajstić information content (AvgIpc) is 2.42. The minimum atomic E-state index is 0.529. The van der Waals surface area contributed by atoms with Crippen LogP contribution >= 0.6 is 15.9 Å². The smallest absolute Gasteiger partial charge is 0.141 e. The van der Waals surface area contributed by atoms with Crippen LogP contribution in [0.3, 0.4) is 0 Å². The van der Waals surface area contributed by atoms with Crippen LogP contribution in [0.2, 0.25) is 0 Å². The van der Waals surface area contributed by atoms with Crippen LogP contribution in [0.5, 0.6) is 11.5 Å². The van der Waals surface area contributed by atoms with Crippen molar-refractivity contribution < 1.29 is 4.74 Å². The average molecular weight is 348 g/mol. The van der Waals surface area contributed by atoms with E-state index in [-0.39, 0.29) is 0 Å². The van der Waals surface area contributed by atoms with Gasteiger partial charge in [-0.1, -0.05) is 26.0 Å². The molecule has 0 unspecified atom stereocenters. The van der Waals surface area contributed by atoms with E-state index in [1.165, 1.54) is 16.7 Å². The van der Waals surface area contributed by atoms with Crippen LogP contribution in [-0.2, 0) is 6.42 Å². The molecule has 3 heteroatoms. The fourth-order valence-corrected chi connectivity index (χ4v) is 2.94. The quantitative estimate of drug-likeness (QED) is 0.809. The summed E-state index contributed by atoms with van der Waals surface area (Å²) in [6.45, 7) is 7.19. The van der Waals surface area contributed by atoms with E-state index in [9.17, 15) is 0 Å². The molecular weight excluding hydrogens is 326 g/mol. The van der Waals surface area contributed by atoms with E-state index in [2.05, 4.69) is 61.0 Å². The molecule has 0 radical (unpaired) electrons. The Hall–Kier alpha value is -1.32. The van der Waals surface area contributed by atoms with Crippen molar-refractivity contribution in [3.63, 3.8) is 0 Å². The van der Waals surface area contributed by atoms with Gasteiger partial charge in [0.05, 0.1) is 4.47 Å². The summed E-state index contributed by atoms with van der Waals surface area (Å²) in [6, 6.07) is 12.4. The van der Waals surface area contributed by atoms with Gasteiger partial charge < -0.3 is 10.5 Å². The molecule has 0 heterocycles. The van der Waals surface area contributed by atoms with Crippen LogP contribution < -0.4 is 10.5 Å². The molecule has 2 aromatic rings. The van der Waals surface area contributed by atoms with Crippen molar-refractivity contribution in [2.75, 3.05) is 6.54 Å². The molecule has 0 fully saturated rings. The van der Waals surface area contributed by atoms with E-state index in [1.807, 2.05) is 12.1 Å². The summed E-state index contributed by atoms with van der Waals surface area (Å²) < 4.78 is 6.94. The van der Waals surface area contributed by atoms with E-state index in [0.29, 0.717) is 12.5 Å². The number of halogens is 1. The molecule has 0 aliphatic carbocycles. The minimum absolute atomic E-state index is 0.529. The van der Waals surface area contributed by atoms with Gasteiger partial charge in [0.25, 0.3) is 0 Å². The van der Waals surface area contributed by atoms with Gasteiger partial charge in [-0.2, -0.15) is 0 Å². The predicted octanol–water partition coefficient (Wildman–Crippen LogP) is 5.17. The first-order valence-corrected chi connectivity index (χ1v) is 8.07. The van der Waals surface area contributed by atoms with Crippen LogP contribution in [0.1, 0.15) is 36.5 Å². The topological polar surface area (TPSA) is 35.2 Å². The fraction of sp³-hybridized carbons (Fsp3) is 0.333. The van der Waals surface area contributed by atoms with E-state index in [0.717, 1.165) is 22.4 Å². The lowest BCUT2D eigenvalue weighted by Gasteiger charge is -2.13. The molecule has 0 saturated carbocycles. The highest BCUT2D eigenvalue weighted by atomic mass is 79.9. The van der Waals surface area contributed by atoms with Crippen LogP contribution in [0.15, 0.2) is 40.9 Å². The van der Waals surface area contributed by atoms with Crippen molar-refractivity contribution in [2.45, 2.75) is 33.1 Å². The Morgan fingerprint density at radius 1 is 1.14 bits per heavy atom. The van der Waals surface area contributed by atoms with Gasteiger partial charge in [0, 0.05) is 0 Å². The molecule has 0 bridgehead atoms. The van der Waals surface area contributed by atoms with E-state index >= 15 is 0 Å². The molecule has 112 valence electrons. The monoisotopic (exact) mass is 347 g/mol. The summed E-state index contributed by atoms with van der Waals surface area (Å²) >= 11 is 3.57. The third-order valence-corrected chi connectivity index (χ3v) is 4.14. The Morgan fingerprint density at radius 3 is 2.48 bits per heavy atom. The number of ether oxygens (including phenoxy) is 1. The minimum Gasteiger partial charge on any atom is -0.456 e. The summed E-state index contributed by atoms with van der Waals surface area (Å²) in [6.07, 6.45) is 0.876. The van der Waals surface area contributed by atoms with Gasteiger partial charge in [-0.15, -0.1) is 0 Å². The summed E-state index contributed by atoms with van der Waals surface area (Å²) in [5, 5.41) is 0. The first kappa shape index (κ1) is 16.1. The first-order chi connectivity index (χ1) is 10.0. The zero-order valence-electron chi connectivity index (χ0n) is 12.8. The second-order valence-corrected chi connectivity index (χ2v) is 6.43. The number of benzene rings is 2. The van der Waals surface area contributed by atoms with E-state index < -0.39 is 0 Å². The Kier molecular flexibility index (Phi) is 5.43. The Bertz CT molecular complexity index is 623. The number of hydrogen-bond acceptors (Lipinski definition) is 2. The highest BCUT2D eigenvalue weighted by Crippen LogP contribution is 2.32. The maximum atomic E-state index is 5.98. The van der Waals surface area contributed by atoms with Crippen LogP contribution in [0.4, 0.5) is 0 Å². The molecule has 0 aliphatic rings. The molecule has 0 saturated heterocycles. The zero-order chi connectivity index (χ0) is 15.4. The van der Waals surface area contributed by atoms with Gasteiger partial charge in [0.1, 0.15) is 11.5 Å². The van der Waals surface area contributed by atoms with Crippen molar-refractivity contribution in [1.82, 2.24) is 0 Å². The maximum absolute atomic E-state index is 5.98. The largest absolute Gasteiger partial charge is 0.456 e. The van der Waals surface area contributed by atoms with Gasteiger partial charge in [-0.05, 0) is 82.7 Å². The number of rotatable bonds is 5. The SMILES string of the molecule is Cc1cc(Oc2ccc(CCN)cc2Br)ccc1C(C)C. The third kappa shape index (κ3) is 4.08. The van der Waals surface area contributed by atoms with Crippen LogP contribution in [0, 0.1) is 6.92 Å². The molecule has 0 aliphatic heterocycles. The lowest BCUT2D eigenvalue weighted by molar-refractivity contribution is 0.478. The Morgan fingerprint density at radius 2 is 1.90 bits per heavy atom. The van der Waals surface area contributed by atoms with Crippen LogP contribution in [-0.4, -0.2) is 6.54 Å². The second-order valence-electron chi connectivity index (χ2n) is 5.58. The van der Waals surface area contributed by atoms with E-state index in [4.69, 9.17) is 10.5 Å². The Balaban J connectivity index is 2.20. The molecule has 21 heavy (non-hydrogen) atoms. The second kappa shape index (κ2) is 7.10. The molecule has 2 rings (SSSR count). The predicted molar refractivity (Wildman–Crippen MR) is 92.2 cm³/mol. The Labute approximate surface area is 135 Å². The van der Waals surface area contributed by atoms with Crippen molar-refractivity contribution in [2.24, 2.45) is 5.73 Å². The summed E-state index contributed by atoms with van der Waals surface area (Å²) in [4.78, 5) is 0. The lowest BCUT2D eigenvalue weighted by atomic mass is 9.98. The van der Waals surface area contributed by atoms with E-state index in [1.54, 1.807) is 0 Å². The number of aryl methyl sites for hydroxylation is 1. The highest BCUT2D eigenvalue weighted by molar-refractivity contribution is 9.10. The fourth-order valence-electron chi connectivity index (χ4n) is 2.44. The molecule has 0 atom stereocenters. The number of hydrogen-bond donors (Lipinski definition) is 1. The van der Waals surface area contributed by atoms with Crippen molar-refractivity contribution in [3.8, 4) is 11.5 Å². The number of nitrogens with two attached hydrogens (primary N) is 1. The summed E-state index contributed by atoms with van der Waals surface area (Å²) in [7, 11) is 0. The summed E-state index contributed by atoms with van der Waals surface area (Å²) in [5.74, 6) is 2.22. The van der Waals surface area contributed by atoms with Crippen molar-refractivity contribution in [3.05, 3.63) is 57.6 Å². The molecule has 2 nitrogen and oxygen atoms in total. The molecule has 0 amide bonds. The maximum Gasteiger partial charge on any atom is 0.141 e. The van der Waals surface area contributed by atoms with Gasteiger partial charge >= 0.3 is 0 Å². The third-order valence-electron chi connectivity index (χ3n) is 3.52. The van der Waals surface area contributed by atoms with Gasteiger partial charge in [-0.25, -0.2) is 0 Å². The molecule has 2 N–H and O–H groups in total. The van der Waals surface area contributed by atoms with Gasteiger partial charge in [-0.3, -0.25) is 0 Å². The van der Waals surface area contributed by atoms with Gasteiger partial charge in [0.15, 0.2) is 0 Å². The van der Waals surface area contributed by atoms with Gasteiger partial charge in [0.2, 0.25) is 0 Å². The summed E-state index contributed by atoms with van der Waals surface area (Å²) in [5.41, 5.74) is 9.42. The highest BCUT2D eigenvalue weighted by Gasteiger charge is 2.07. The molecular formula is C18H22BrNO. The zero-order valence-corrected chi connectivity index (χ0v) is 14.4. The van der Waals surface area contributed by atoms with Crippen molar-refractivity contribution in [1.29, 1.82) is 0 Å².